The second kappa shape index (κ2) is 10.5. The predicted octanol–water partition coefficient (Wildman–Crippen LogP) is 2.53. The van der Waals surface area contributed by atoms with Gasteiger partial charge in [-0.15, -0.1) is 0 Å². The Kier molecular flexibility index (Phi) is 7.80. The van der Waals surface area contributed by atoms with Crippen LogP contribution in [0.25, 0.3) is 0 Å². The predicted molar refractivity (Wildman–Crippen MR) is 113 cm³/mol. The maximum absolute atomic E-state index is 12.5. The van der Waals surface area contributed by atoms with Crippen LogP contribution >= 0.6 is 0 Å². The number of carbonyl (C=O) groups excluding carboxylic acids is 1. The molecular weight excluding hydrogens is 388 g/mol. The van der Waals surface area contributed by atoms with E-state index in [1.807, 2.05) is 65.6 Å². The summed E-state index contributed by atoms with van der Waals surface area (Å²) < 4.78 is 32.6. The number of nitrogens with zero attached hydrogens (tertiary/aromatic N) is 1. The smallest absolute Gasteiger partial charge is 0.222 e. The molecule has 0 spiro atoms. The van der Waals surface area contributed by atoms with Gasteiger partial charge in [-0.1, -0.05) is 60.7 Å². The fourth-order valence-electron chi connectivity index (χ4n) is 3.34. The third-order valence-corrected chi connectivity index (χ3v) is 6.37. The fraction of sp³-hybridized carbons (Fsp3) is 0.409. The lowest BCUT2D eigenvalue weighted by molar-refractivity contribution is -0.139. The SMILES string of the molecule is O=C(CCCNS(=O)(=O)CCc1ccccc1)N1CCOC(c2ccccc2)C1. The Hall–Kier alpha value is -2.22. The molecule has 1 aliphatic heterocycles. The van der Waals surface area contributed by atoms with Crippen LogP contribution in [0.1, 0.15) is 30.1 Å². The van der Waals surface area contributed by atoms with Gasteiger partial charge in [-0.2, -0.15) is 0 Å². The number of rotatable bonds is 9. The zero-order chi connectivity index (χ0) is 20.5. The number of amides is 1. The van der Waals surface area contributed by atoms with E-state index in [9.17, 15) is 13.2 Å². The molecule has 3 rings (SSSR count). The van der Waals surface area contributed by atoms with Crippen molar-refractivity contribution in [2.75, 3.05) is 32.0 Å². The Labute approximate surface area is 172 Å². The van der Waals surface area contributed by atoms with E-state index in [0.29, 0.717) is 39.0 Å². The van der Waals surface area contributed by atoms with E-state index in [0.717, 1.165) is 11.1 Å². The van der Waals surface area contributed by atoms with Crippen LogP contribution < -0.4 is 4.72 Å². The van der Waals surface area contributed by atoms with E-state index in [4.69, 9.17) is 4.74 Å². The third-order valence-electron chi connectivity index (χ3n) is 4.98. The van der Waals surface area contributed by atoms with Gasteiger partial charge in [-0.05, 0) is 24.0 Å². The first kappa shape index (κ1) is 21.5. The molecule has 0 bridgehead atoms. The molecule has 0 radical (unpaired) electrons. The Morgan fingerprint density at radius 1 is 1.07 bits per heavy atom. The molecule has 0 aromatic heterocycles. The highest BCUT2D eigenvalue weighted by Gasteiger charge is 2.25. The maximum Gasteiger partial charge on any atom is 0.222 e. The Morgan fingerprint density at radius 3 is 2.48 bits per heavy atom. The topological polar surface area (TPSA) is 75.7 Å². The van der Waals surface area contributed by atoms with Gasteiger partial charge in [-0.25, -0.2) is 13.1 Å². The van der Waals surface area contributed by atoms with Gasteiger partial charge >= 0.3 is 0 Å². The first-order chi connectivity index (χ1) is 14.0. The molecule has 7 heteroatoms. The first-order valence-corrected chi connectivity index (χ1v) is 11.6. The number of sulfonamides is 1. The number of ether oxygens (including phenoxy) is 1. The summed E-state index contributed by atoms with van der Waals surface area (Å²) in [5.41, 5.74) is 2.06. The van der Waals surface area contributed by atoms with Crippen molar-refractivity contribution in [3.63, 3.8) is 0 Å². The number of benzene rings is 2. The van der Waals surface area contributed by atoms with Crippen LogP contribution in [0.5, 0.6) is 0 Å². The Balaban J connectivity index is 1.38. The molecular formula is C22H28N2O4S. The van der Waals surface area contributed by atoms with Gasteiger partial charge in [0.1, 0.15) is 6.10 Å². The summed E-state index contributed by atoms with van der Waals surface area (Å²) in [7, 11) is -3.34. The van der Waals surface area contributed by atoms with Crippen molar-refractivity contribution >= 4 is 15.9 Å². The molecule has 0 saturated carbocycles. The maximum atomic E-state index is 12.5. The van der Waals surface area contributed by atoms with E-state index in [1.54, 1.807) is 0 Å². The number of hydrogen-bond donors (Lipinski definition) is 1. The lowest BCUT2D eigenvalue weighted by atomic mass is 10.1. The van der Waals surface area contributed by atoms with Crippen LogP contribution in [0, 0.1) is 0 Å². The van der Waals surface area contributed by atoms with Gasteiger partial charge < -0.3 is 9.64 Å². The highest BCUT2D eigenvalue weighted by atomic mass is 32.2. The highest BCUT2D eigenvalue weighted by molar-refractivity contribution is 7.89. The second-order valence-corrected chi connectivity index (χ2v) is 9.09. The average molecular weight is 417 g/mol. The van der Waals surface area contributed by atoms with E-state index in [-0.39, 0.29) is 24.3 Å². The van der Waals surface area contributed by atoms with Crippen LogP contribution in [0.4, 0.5) is 0 Å². The molecule has 1 saturated heterocycles. The zero-order valence-corrected chi connectivity index (χ0v) is 17.3. The van der Waals surface area contributed by atoms with E-state index < -0.39 is 10.0 Å². The monoisotopic (exact) mass is 416 g/mol. The summed E-state index contributed by atoms with van der Waals surface area (Å²) in [6.07, 6.45) is 1.17. The molecule has 6 nitrogen and oxygen atoms in total. The van der Waals surface area contributed by atoms with Gasteiger partial charge in [0, 0.05) is 19.5 Å². The summed E-state index contributed by atoms with van der Waals surface area (Å²) >= 11 is 0. The third kappa shape index (κ3) is 6.96. The second-order valence-electron chi connectivity index (χ2n) is 7.16. The first-order valence-electron chi connectivity index (χ1n) is 9.99. The van der Waals surface area contributed by atoms with Crippen molar-refractivity contribution in [1.29, 1.82) is 0 Å². The van der Waals surface area contributed by atoms with Crippen LogP contribution in [-0.4, -0.2) is 51.2 Å². The van der Waals surface area contributed by atoms with Crippen LogP contribution in [0.3, 0.4) is 0 Å². The van der Waals surface area contributed by atoms with E-state index in [1.165, 1.54) is 0 Å². The van der Waals surface area contributed by atoms with Crippen LogP contribution in [0.15, 0.2) is 60.7 Å². The number of morpholine rings is 1. The van der Waals surface area contributed by atoms with Gasteiger partial charge in [-0.3, -0.25) is 4.79 Å². The largest absolute Gasteiger partial charge is 0.370 e. The normalized spacial score (nSPS) is 17.2. The fourth-order valence-corrected chi connectivity index (χ4v) is 4.44. The Bertz CT molecular complexity index is 872. The van der Waals surface area contributed by atoms with E-state index >= 15 is 0 Å². The quantitative estimate of drug-likeness (QED) is 0.638. The molecule has 1 N–H and O–H groups in total. The summed E-state index contributed by atoms with van der Waals surface area (Å²) in [5.74, 6) is 0.0883. The zero-order valence-electron chi connectivity index (χ0n) is 16.5. The molecule has 1 unspecified atom stereocenters. The van der Waals surface area contributed by atoms with Crippen molar-refractivity contribution in [3.05, 3.63) is 71.8 Å². The van der Waals surface area contributed by atoms with Gasteiger partial charge in [0.25, 0.3) is 0 Å². The highest BCUT2D eigenvalue weighted by Crippen LogP contribution is 2.22. The van der Waals surface area contributed by atoms with Crippen LogP contribution in [0.2, 0.25) is 0 Å². The number of aryl methyl sites for hydroxylation is 1. The molecule has 1 atom stereocenters. The molecule has 1 amide bonds. The molecule has 1 aliphatic rings. The Morgan fingerprint density at radius 2 is 1.76 bits per heavy atom. The molecule has 1 heterocycles. The number of nitrogens with one attached hydrogen (secondary N) is 1. The molecule has 29 heavy (non-hydrogen) atoms. The van der Waals surface area contributed by atoms with Gasteiger partial charge in [0.15, 0.2) is 0 Å². The minimum Gasteiger partial charge on any atom is -0.370 e. The summed E-state index contributed by atoms with van der Waals surface area (Å²) in [6, 6.07) is 19.4. The average Bonchev–Trinajstić information content (AvgIpc) is 2.77. The lowest BCUT2D eigenvalue weighted by Crippen LogP contribution is -2.42. The number of carbonyl (C=O) groups is 1. The molecule has 2 aromatic carbocycles. The standard InChI is InChI=1S/C22H28N2O4S/c25-22(24-15-16-28-21(18-24)20-10-5-2-6-11-20)12-7-14-23-29(26,27)17-13-19-8-3-1-4-9-19/h1-6,8-11,21,23H,7,12-18H2. The summed E-state index contributed by atoms with van der Waals surface area (Å²) in [5, 5.41) is 0. The van der Waals surface area contributed by atoms with Crippen molar-refractivity contribution in [3.8, 4) is 0 Å². The number of hydrogen-bond acceptors (Lipinski definition) is 4. The van der Waals surface area contributed by atoms with Crippen molar-refractivity contribution in [2.24, 2.45) is 0 Å². The minimum atomic E-state index is -3.34. The van der Waals surface area contributed by atoms with Crippen molar-refractivity contribution in [1.82, 2.24) is 9.62 Å². The molecule has 1 fully saturated rings. The molecule has 2 aromatic rings. The van der Waals surface area contributed by atoms with Crippen molar-refractivity contribution in [2.45, 2.75) is 25.4 Å². The molecule has 156 valence electrons. The molecule has 0 aliphatic carbocycles. The van der Waals surface area contributed by atoms with Gasteiger partial charge in [0.2, 0.25) is 15.9 Å². The van der Waals surface area contributed by atoms with E-state index in [2.05, 4.69) is 4.72 Å². The van der Waals surface area contributed by atoms with Crippen molar-refractivity contribution < 1.29 is 17.9 Å². The van der Waals surface area contributed by atoms with Crippen LogP contribution in [-0.2, 0) is 26.0 Å². The summed E-state index contributed by atoms with van der Waals surface area (Å²) in [4.78, 5) is 14.3. The minimum absolute atomic E-state index is 0.0396. The van der Waals surface area contributed by atoms with Gasteiger partial charge in [0.05, 0.1) is 18.9 Å². The summed E-state index contributed by atoms with van der Waals surface area (Å²) in [6.45, 7) is 1.89. The lowest BCUT2D eigenvalue weighted by Gasteiger charge is -2.33.